The molecule has 9 heteroatoms. The van der Waals surface area contributed by atoms with E-state index in [9.17, 15) is 4.79 Å². The molecule has 0 saturated heterocycles. The van der Waals surface area contributed by atoms with Crippen molar-refractivity contribution in [3.63, 3.8) is 0 Å². The Morgan fingerprint density at radius 2 is 2.07 bits per heavy atom. The number of aromatic nitrogens is 5. The molecule has 148 valence electrons. The molecule has 7 nitrogen and oxygen atoms in total. The van der Waals surface area contributed by atoms with E-state index >= 15 is 0 Å². The number of nitrogens with one attached hydrogen (secondary N) is 1. The number of rotatable bonds is 7. The van der Waals surface area contributed by atoms with Gasteiger partial charge in [0.25, 0.3) is 0 Å². The molecule has 0 saturated carbocycles. The van der Waals surface area contributed by atoms with Crippen molar-refractivity contribution in [1.29, 1.82) is 0 Å². The van der Waals surface area contributed by atoms with Crippen LogP contribution in [-0.2, 0) is 11.3 Å². The Morgan fingerprint density at radius 3 is 2.93 bits per heavy atom. The predicted octanol–water partition coefficient (Wildman–Crippen LogP) is 3.49. The lowest BCUT2D eigenvalue weighted by Gasteiger charge is -2.09. The number of thioether (sulfide) groups is 1. The van der Waals surface area contributed by atoms with Crippen molar-refractivity contribution in [2.45, 2.75) is 18.6 Å². The molecular weight excluding hydrogens is 408 g/mol. The second-order valence-electron chi connectivity index (χ2n) is 6.40. The van der Waals surface area contributed by atoms with Crippen molar-refractivity contribution < 1.29 is 4.79 Å². The number of hydrogen-bond acceptors (Lipinski definition) is 5. The minimum atomic E-state index is -0.0577. The van der Waals surface area contributed by atoms with E-state index in [2.05, 4.69) is 25.1 Å². The number of para-hydroxylation sites is 2. The van der Waals surface area contributed by atoms with Crippen molar-refractivity contribution in [2.24, 2.45) is 0 Å². The van der Waals surface area contributed by atoms with E-state index in [1.54, 1.807) is 12.4 Å². The Labute approximate surface area is 177 Å². The van der Waals surface area contributed by atoms with Gasteiger partial charge in [0, 0.05) is 18.1 Å². The second kappa shape index (κ2) is 8.67. The Bertz CT molecular complexity index is 1150. The zero-order valence-electron chi connectivity index (χ0n) is 15.7. The van der Waals surface area contributed by atoms with Crippen LogP contribution in [0.15, 0.2) is 60.0 Å². The number of imidazole rings is 1. The number of carbonyl (C=O) groups excluding carboxylic acids is 1. The number of benzene rings is 2. The molecule has 2 aromatic heterocycles. The summed E-state index contributed by atoms with van der Waals surface area (Å²) in [4.78, 5) is 16.8. The van der Waals surface area contributed by atoms with E-state index < -0.39 is 0 Å². The largest absolute Gasteiger partial charge is 0.354 e. The smallest absolute Gasteiger partial charge is 0.230 e. The Hall–Kier alpha value is -2.84. The van der Waals surface area contributed by atoms with Crippen LogP contribution in [0.2, 0.25) is 5.02 Å². The number of hydrogen-bond donors (Lipinski definition) is 1. The molecule has 2 heterocycles. The van der Waals surface area contributed by atoms with Gasteiger partial charge in [-0.05, 0) is 37.3 Å². The monoisotopic (exact) mass is 426 g/mol. The van der Waals surface area contributed by atoms with Crippen molar-refractivity contribution in [3.8, 4) is 5.69 Å². The van der Waals surface area contributed by atoms with Crippen LogP contribution in [0.25, 0.3) is 16.7 Å². The summed E-state index contributed by atoms with van der Waals surface area (Å²) in [7, 11) is 0. The fourth-order valence-corrected chi connectivity index (χ4v) is 4.04. The van der Waals surface area contributed by atoms with Crippen molar-refractivity contribution in [1.82, 2.24) is 29.6 Å². The molecule has 0 unspecified atom stereocenters. The number of nitrogens with zero attached hydrogens (tertiary/aromatic N) is 5. The minimum absolute atomic E-state index is 0.0577. The molecular formula is C20H19ClN6OS. The molecule has 0 bridgehead atoms. The summed E-state index contributed by atoms with van der Waals surface area (Å²) in [5.74, 6) is 1.13. The Balaban J connectivity index is 1.32. The number of halogens is 1. The van der Waals surface area contributed by atoms with Crippen LogP contribution in [0.5, 0.6) is 0 Å². The topological polar surface area (TPSA) is 77.6 Å². The lowest BCUT2D eigenvalue weighted by Crippen LogP contribution is -2.29. The van der Waals surface area contributed by atoms with Crippen LogP contribution in [-0.4, -0.2) is 42.5 Å². The number of fused-ring (bicyclic) bond motifs is 1. The molecule has 29 heavy (non-hydrogen) atoms. The molecule has 1 N–H and O–H groups in total. The van der Waals surface area contributed by atoms with Gasteiger partial charge in [-0.1, -0.05) is 41.6 Å². The Morgan fingerprint density at radius 1 is 1.21 bits per heavy atom. The molecule has 0 fully saturated rings. The zero-order chi connectivity index (χ0) is 20.2. The molecule has 0 radical (unpaired) electrons. The quantitative estimate of drug-likeness (QED) is 0.458. The number of carbonyl (C=O) groups is 1. The van der Waals surface area contributed by atoms with E-state index in [1.165, 1.54) is 11.8 Å². The summed E-state index contributed by atoms with van der Waals surface area (Å²) in [5.41, 5.74) is 2.89. The average molecular weight is 427 g/mol. The van der Waals surface area contributed by atoms with Gasteiger partial charge in [-0.3, -0.25) is 9.36 Å². The maximum absolute atomic E-state index is 12.3. The normalized spacial score (nSPS) is 11.1. The fourth-order valence-electron chi connectivity index (χ4n) is 3.09. The van der Waals surface area contributed by atoms with Crippen LogP contribution in [0.1, 0.15) is 5.82 Å². The van der Waals surface area contributed by atoms with Gasteiger partial charge in [-0.2, -0.15) is 0 Å². The fraction of sp³-hybridized carbons (Fsp3) is 0.200. The van der Waals surface area contributed by atoms with E-state index in [0.717, 1.165) is 22.5 Å². The van der Waals surface area contributed by atoms with Gasteiger partial charge in [0.1, 0.15) is 12.2 Å². The first-order valence-corrected chi connectivity index (χ1v) is 10.5. The summed E-state index contributed by atoms with van der Waals surface area (Å²) in [6.07, 6.45) is 1.61. The molecule has 4 rings (SSSR count). The molecule has 0 aliphatic carbocycles. The van der Waals surface area contributed by atoms with Crippen LogP contribution in [0, 0.1) is 6.92 Å². The molecule has 0 spiro atoms. The van der Waals surface area contributed by atoms with Gasteiger partial charge in [-0.25, -0.2) is 4.98 Å². The summed E-state index contributed by atoms with van der Waals surface area (Å²) < 4.78 is 3.92. The molecule has 0 aliphatic rings. The summed E-state index contributed by atoms with van der Waals surface area (Å²) >= 11 is 7.39. The molecule has 0 atom stereocenters. The third-order valence-electron chi connectivity index (χ3n) is 4.44. The highest BCUT2D eigenvalue weighted by atomic mass is 35.5. The number of amides is 1. The number of aryl methyl sites for hydroxylation is 1. The maximum Gasteiger partial charge on any atom is 0.230 e. The van der Waals surface area contributed by atoms with Crippen molar-refractivity contribution in [3.05, 3.63) is 65.7 Å². The van der Waals surface area contributed by atoms with Crippen molar-refractivity contribution in [2.75, 3.05) is 12.3 Å². The van der Waals surface area contributed by atoms with Gasteiger partial charge < -0.3 is 9.88 Å². The highest BCUT2D eigenvalue weighted by Crippen LogP contribution is 2.21. The van der Waals surface area contributed by atoms with E-state index in [1.807, 2.05) is 54.0 Å². The van der Waals surface area contributed by atoms with Crippen LogP contribution >= 0.6 is 23.4 Å². The molecule has 1 amide bonds. The first-order valence-electron chi connectivity index (χ1n) is 9.09. The standard InChI is InChI=1S/C20H19ClN6OS/c1-14-24-17-7-2-3-8-18(17)26(14)10-9-22-19(28)12-29-20-25-23-13-27(20)16-6-4-5-15(21)11-16/h2-8,11,13H,9-10,12H2,1H3,(H,22,28). The second-order valence-corrected chi connectivity index (χ2v) is 7.78. The summed E-state index contributed by atoms with van der Waals surface area (Å²) in [5, 5.41) is 12.3. The van der Waals surface area contributed by atoms with Gasteiger partial charge in [0.2, 0.25) is 5.91 Å². The lowest BCUT2D eigenvalue weighted by molar-refractivity contribution is -0.118. The van der Waals surface area contributed by atoms with Crippen molar-refractivity contribution >= 4 is 40.3 Å². The average Bonchev–Trinajstić information content (AvgIpc) is 3.31. The van der Waals surface area contributed by atoms with Crippen LogP contribution in [0.3, 0.4) is 0 Å². The molecule has 2 aromatic carbocycles. The lowest BCUT2D eigenvalue weighted by atomic mass is 10.3. The summed E-state index contributed by atoms with van der Waals surface area (Å²) in [6, 6.07) is 15.4. The predicted molar refractivity (Wildman–Crippen MR) is 115 cm³/mol. The van der Waals surface area contributed by atoms with E-state index in [-0.39, 0.29) is 11.7 Å². The zero-order valence-corrected chi connectivity index (χ0v) is 17.3. The van der Waals surface area contributed by atoms with Gasteiger partial charge in [-0.15, -0.1) is 10.2 Å². The Kier molecular flexibility index (Phi) is 5.82. The minimum Gasteiger partial charge on any atom is -0.354 e. The van der Waals surface area contributed by atoms with Gasteiger partial charge in [0.05, 0.1) is 22.5 Å². The SMILES string of the molecule is Cc1nc2ccccc2n1CCNC(=O)CSc1nncn1-c1cccc(Cl)c1. The highest BCUT2D eigenvalue weighted by Gasteiger charge is 2.11. The molecule has 0 aliphatic heterocycles. The van der Waals surface area contributed by atoms with Gasteiger partial charge in [0.15, 0.2) is 5.16 Å². The van der Waals surface area contributed by atoms with Crippen LogP contribution < -0.4 is 5.32 Å². The summed E-state index contributed by atoms with van der Waals surface area (Å²) in [6.45, 7) is 3.17. The maximum atomic E-state index is 12.3. The third-order valence-corrected chi connectivity index (χ3v) is 5.62. The molecule has 4 aromatic rings. The third kappa shape index (κ3) is 4.44. The van der Waals surface area contributed by atoms with Crippen LogP contribution in [0.4, 0.5) is 0 Å². The first-order chi connectivity index (χ1) is 14.1. The first kappa shape index (κ1) is 19.5. The van der Waals surface area contributed by atoms with E-state index in [0.29, 0.717) is 23.3 Å². The van der Waals surface area contributed by atoms with Gasteiger partial charge >= 0.3 is 0 Å². The van der Waals surface area contributed by atoms with E-state index in [4.69, 9.17) is 11.6 Å². The highest BCUT2D eigenvalue weighted by molar-refractivity contribution is 7.99.